The zero-order valence-corrected chi connectivity index (χ0v) is 5.80. The SMILES string of the molecule is Cn1nccc1C(=O)N=[N+]=[N-]. The molecule has 0 atom stereocenters. The topological polar surface area (TPSA) is 83.7 Å². The first-order chi connectivity index (χ1) is 5.25. The Morgan fingerprint density at radius 3 is 3.09 bits per heavy atom. The van der Waals surface area contributed by atoms with Crippen molar-refractivity contribution in [3.05, 3.63) is 28.4 Å². The highest BCUT2D eigenvalue weighted by atomic mass is 16.2. The van der Waals surface area contributed by atoms with Gasteiger partial charge >= 0.3 is 0 Å². The van der Waals surface area contributed by atoms with Crippen LogP contribution in [0.15, 0.2) is 17.4 Å². The first-order valence-corrected chi connectivity index (χ1v) is 2.83. The summed E-state index contributed by atoms with van der Waals surface area (Å²) < 4.78 is 1.34. The Bertz CT molecular complexity index is 321. The second-order valence-electron chi connectivity index (χ2n) is 1.83. The number of carbonyl (C=O) groups is 1. The van der Waals surface area contributed by atoms with Crippen molar-refractivity contribution in [3.8, 4) is 0 Å². The van der Waals surface area contributed by atoms with Crippen LogP contribution in [0.25, 0.3) is 10.4 Å². The fraction of sp³-hybridized carbons (Fsp3) is 0.200. The third kappa shape index (κ3) is 1.36. The molecule has 0 saturated heterocycles. The molecule has 6 heteroatoms. The molecule has 56 valence electrons. The summed E-state index contributed by atoms with van der Waals surface area (Å²) in [6, 6.07) is 1.48. The molecule has 1 aromatic rings. The van der Waals surface area contributed by atoms with E-state index in [0.717, 1.165) is 0 Å². The van der Waals surface area contributed by atoms with E-state index in [4.69, 9.17) is 5.53 Å². The van der Waals surface area contributed by atoms with E-state index < -0.39 is 5.91 Å². The maximum absolute atomic E-state index is 10.8. The Morgan fingerprint density at radius 1 is 1.91 bits per heavy atom. The number of azide groups is 1. The van der Waals surface area contributed by atoms with E-state index in [2.05, 4.69) is 15.1 Å². The van der Waals surface area contributed by atoms with Crippen LogP contribution in [-0.4, -0.2) is 15.7 Å². The van der Waals surface area contributed by atoms with Crippen LogP contribution in [0.4, 0.5) is 0 Å². The largest absolute Gasteiger partial charge is 0.285 e. The number of aromatic nitrogens is 2. The molecule has 0 N–H and O–H groups in total. The smallest absolute Gasteiger partial charge is 0.267 e. The Kier molecular flexibility index (Phi) is 1.89. The van der Waals surface area contributed by atoms with E-state index in [1.807, 2.05) is 0 Å². The van der Waals surface area contributed by atoms with E-state index in [-0.39, 0.29) is 5.69 Å². The molecular formula is C5H5N5O. The monoisotopic (exact) mass is 151 g/mol. The van der Waals surface area contributed by atoms with Crippen molar-refractivity contribution in [2.24, 2.45) is 12.2 Å². The third-order valence-electron chi connectivity index (χ3n) is 1.18. The minimum absolute atomic E-state index is 0.280. The molecular weight excluding hydrogens is 146 g/mol. The Labute approximate surface area is 62.1 Å². The molecule has 0 fully saturated rings. The van der Waals surface area contributed by atoms with Crippen LogP contribution in [0, 0.1) is 0 Å². The lowest BCUT2D eigenvalue weighted by Crippen LogP contribution is -2.03. The van der Waals surface area contributed by atoms with E-state index in [1.54, 1.807) is 7.05 Å². The van der Waals surface area contributed by atoms with Crippen molar-refractivity contribution in [2.75, 3.05) is 0 Å². The van der Waals surface area contributed by atoms with Gasteiger partial charge in [0, 0.05) is 18.2 Å². The highest BCUT2D eigenvalue weighted by Crippen LogP contribution is 1.98. The highest BCUT2D eigenvalue weighted by Gasteiger charge is 2.05. The van der Waals surface area contributed by atoms with Crippen LogP contribution in [-0.2, 0) is 7.05 Å². The summed E-state index contributed by atoms with van der Waals surface area (Å²) in [5.41, 5.74) is 8.21. The van der Waals surface area contributed by atoms with Crippen molar-refractivity contribution < 1.29 is 4.79 Å². The molecule has 6 nitrogen and oxygen atoms in total. The van der Waals surface area contributed by atoms with Gasteiger partial charge in [-0.25, -0.2) is 0 Å². The zero-order chi connectivity index (χ0) is 8.27. The number of rotatable bonds is 1. The maximum atomic E-state index is 10.8. The molecule has 1 aromatic heterocycles. The van der Waals surface area contributed by atoms with Gasteiger partial charge in [-0.05, 0) is 16.7 Å². The van der Waals surface area contributed by atoms with Gasteiger partial charge in [-0.1, -0.05) is 0 Å². The highest BCUT2D eigenvalue weighted by molar-refractivity contribution is 5.93. The lowest BCUT2D eigenvalue weighted by Gasteiger charge is -1.92. The molecule has 0 spiro atoms. The summed E-state index contributed by atoms with van der Waals surface area (Å²) in [5.74, 6) is -0.618. The normalized spacial score (nSPS) is 8.82. The zero-order valence-electron chi connectivity index (χ0n) is 5.80. The van der Waals surface area contributed by atoms with E-state index in [9.17, 15) is 4.79 Å². The molecule has 0 aliphatic carbocycles. The number of hydrogen-bond acceptors (Lipinski definition) is 2. The minimum atomic E-state index is -0.618. The molecule has 1 rings (SSSR count). The van der Waals surface area contributed by atoms with E-state index >= 15 is 0 Å². The van der Waals surface area contributed by atoms with E-state index in [0.29, 0.717) is 0 Å². The number of carbonyl (C=O) groups excluding carboxylic acids is 1. The van der Waals surface area contributed by atoms with Gasteiger partial charge in [0.25, 0.3) is 5.91 Å². The van der Waals surface area contributed by atoms with Crippen LogP contribution in [0.2, 0.25) is 0 Å². The molecule has 0 aromatic carbocycles. The molecule has 0 aliphatic rings. The number of hydrogen-bond donors (Lipinski definition) is 0. The first-order valence-electron chi connectivity index (χ1n) is 2.83. The Balaban J connectivity index is 3.02. The van der Waals surface area contributed by atoms with Crippen LogP contribution in [0.1, 0.15) is 10.5 Å². The summed E-state index contributed by atoms with van der Waals surface area (Å²) in [6.45, 7) is 0. The van der Waals surface area contributed by atoms with E-state index in [1.165, 1.54) is 16.9 Å². The lowest BCUT2D eigenvalue weighted by atomic mass is 10.4. The van der Waals surface area contributed by atoms with Crippen LogP contribution >= 0.6 is 0 Å². The standard InChI is InChI=1S/C5H5N5O/c1-10-4(2-3-7-10)5(11)8-9-6/h2-3H,1H3. The van der Waals surface area contributed by atoms with Crippen molar-refractivity contribution >= 4 is 5.91 Å². The Morgan fingerprint density at radius 2 is 2.64 bits per heavy atom. The molecule has 0 saturated carbocycles. The van der Waals surface area contributed by atoms with Crippen LogP contribution < -0.4 is 0 Å². The summed E-state index contributed by atoms with van der Waals surface area (Å²) in [6.07, 6.45) is 1.46. The minimum Gasteiger partial charge on any atom is -0.285 e. The van der Waals surface area contributed by atoms with Gasteiger partial charge in [-0.15, -0.1) is 0 Å². The molecule has 1 heterocycles. The average Bonchev–Trinajstić information content (AvgIpc) is 2.36. The lowest BCUT2D eigenvalue weighted by molar-refractivity contribution is 0.0991. The summed E-state index contributed by atoms with van der Waals surface area (Å²) in [7, 11) is 1.60. The second kappa shape index (κ2) is 2.85. The van der Waals surface area contributed by atoms with Gasteiger partial charge in [-0.3, -0.25) is 9.48 Å². The number of nitrogens with zero attached hydrogens (tertiary/aromatic N) is 5. The third-order valence-corrected chi connectivity index (χ3v) is 1.18. The average molecular weight is 151 g/mol. The van der Waals surface area contributed by atoms with Crippen molar-refractivity contribution in [1.82, 2.24) is 9.78 Å². The van der Waals surface area contributed by atoms with Crippen LogP contribution in [0.3, 0.4) is 0 Å². The van der Waals surface area contributed by atoms with Crippen LogP contribution in [0.5, 0.6) is 0 Å². The van der Waals surface area contributed by atoms with Gasteiger partial charge in [0.15, 0.2) is 0 Å². The molecule has 0 unspecified atom stereocenters. The van der Waals surface area contributed by atoms with Gasteiger partial charge in [0.05, 0.1) is 0 Å². The summed E-state index contributed by atoms with van der Waals surface area (Å²) in [4.78, 5) is 13.2. The molecule has 0 bridgehead atoms. The molecule has 0 radical (unpaired) electrons. The summed E-state index contributed by atoms with van der Waals surface area (Å²) in [5, 5.41) is 6.64. The van der Waals surface area contributed by atoms with Crippen molar-refractivity contribution in [3.63, 3.8) is 0 Å². The predicted molar refractivity (Wildman–Crippen MR) is 36.7 cm³/mol. The molecule has 1 amide bonds. The van der Waals surface area contributed by atoms with Gasteiger partial charge in [0.2, 0.25) is 0 Å². The van der Waals surface area contributed by atoms with Gasteiger partial charge in [-0.2, -0.15) is 5.10 Å². The molecule has 0 aliphatic heterocycles. The fourth-order valence-electron chi connectivity index (χ4n) is 0.676. The molecule has 11 heavy (non-hydrogen) atoms. The number of amides is 1. The van der Waals surface area contributed by atoms with Crippen molar-refractivity contribution in [1.29, 1.82) is 0 Å². The quantitative estimate of drug-likeness (QED) is 0.339. The second-order valence-corrected chi connectivity index (χ2v) is 1.83. The summed E-state index contributed by atoms with van der Waals surface area (Å²) >= 11 is 0. The first kappa shape index (κ1) is 7.30. The predicted octanol–water partition coefficient (Wildman–Crippen LogP) is 0.871. The number of aryl methyl sites for hydroxylation is 1. The fourth-order valence-corrected chi connectivity index (χ4v) is 0.676. The van der Waals surface area contributed by atoms with Gasteiger partial charge in [0.1, 0.15) is 5.69 Å². The maximum Gasteiger partial charge on any atom is 0.267 e. The Hall–Kier alpha value is -1.81. The van der Waals surface area contributed by atoms with Crippen molar-refractivity contribution in [2.45, 2.75) is 0 Å². The van der Waals surface area contributed by atoms with Gasteiger partial charge < -0.3 is 0 Å².